The second kappa shape index (κ2) is 372. The van der Waals surface area contributed by atoms with Gasteiger partial charge in [-0.25, -0.2) is 0 Å². The summed E-state index contributed by atoms with van der Waals surface area (Å²) in [5.74, 6) is 0. The van der Waals surface area contributed by atoms with E-state index in [9.17, 15) is 0 Å². The van der Waals surface area contributed by atoms with Crippen molar-refractivity contribution in [2.75, 3.05) is 0 Å². The van der Waals surface area contributed by atoms with Crippen LogP contribution in [0.25, 0.3) is 0 Å². The quantitative estimate of drug-likeness (QED) is 0.318. The fraction of sp³-hybridized carbons (Fsp3) is 0. The van der Waals surface area contributed by atoms with E-state index in [4.69, 9.17) is 0 Å². The maximum absolute atomic E-state index is 0. The summed E-state index contributed by atoms with van der Waals surface area (Å²) < 4.78 is 0. The van der Waals surface area contributed by atoms with E-state index in [2.05, 4.69) is 0 Å². The molecule has 0 aromatic rings. The third-order valence-electron chi connectivity index (χ3n) is 0. The van der Waals surface area contributed by atoms with E-state index in [-0.39, 0.29) is 1670 Å². The van der Waals surface area contributed by atoms with Crippen LogP contribution in [0.4, 0.5) is 0 Å². The molecule has 0 aliphatic heterocycles. The van der Waals surface area contributed by atoms with Gasteiger partial charge in [-0.15, -0.1) is 0 Å². The third kappa shape index (κ3) is 365. The van der Waals surface area contributed by atoms with Gasteiger partial charge >= 0.3 is 0 Å². The zero-order valence-corrected chi connectivity index (χ0v) is 174. The van der Waals surface area contributed by atoms with Crippen LogP contribution in [-0.4, -0.2) is 0 Å². The van der Waals surface area contributed by atoms with E-state index >= 15 is 0 Å². The van der Waals surface area contributed by atoms with Gasteiger partial charge in [-0.05, 0) is 0 Å². The topological polar surface area (TPSA) is 0 Å². The van der Waals surface area contributed by atoms with Crippen molar-refractivity contribution in [1.29, 1.82) is 0 Å². The number of hydrogen-bond donors (Lipinski definition) is 0. The second-order valence-electron chi connectivity index (χ2n) is 0. The van der Waals surface area contributed by atoms with Gasteiger partial charge in [0.2, 0.25) is 0 Å². The maximum atomic E-state index is 0. The van der Waals surface area contributed by atoms with E-state index in [1.54, 1.807) is 0 Å². The Balaban J connectivity index is 0. The Kier molecular flexibility index (Phi) is 2790. The van der Waals surface area contributed by atoms with Crippen LogP contribution >= 0.6 is 0 Å². The van der Waals surface area contributed by atoms with Gasteiger partial charge in [-0.2, -0.15) is 0 Å². The van der Waals surface area contributed by atoms with Gasteiger partial charge in [0, 0.05) is 1670 Å². The summed E-state index contributed by atoms with van der Waals surface area (Å²) in [6, 6.07) is 0. The minimum absolute atomic E-state index is 0. The average Bonchev–Trinajstić information content (AvgIpc) is 0. The fourth-order valence-electron chi connectivity index (χ4n) is 0. The molecule has 0 aromatic carbocycles. The Bertz CT molecular complexity index is 0. The summed E-state index contributed by atoms with van der Waals surface area (Å²) in [7, 11) is 0. The molecule has 0 bridgehead atoms. The number of hydrogen-bond acceptors (Lipinski definition) is 0. The summed E-state index contributed by atoms with van der Waals surface area (Å²) in [4.78, 5) is 0. The van der Waals surface area contributed by atoms with Gasteiger partial charge in [-0.3, -0.25) is 0 Å². The number of rotatable bonds is 0. The van der Waals surface area contributed by atoms with Crippen molar-refractivity contribution in [2.45, 2.75) is 0 Å². The van der Waals surface area contributed by atoms with Crippen molar-refractivity contribution in [1.82, 2.24) is 0 Å². The van der Waals surface area contributed by atoms with Crippen LogP contribution in [0.3, 0.4) is 0 Å². The van der Waals surface area contributed by atoms with Gasteiger partial charge in [0.1, 0.15) is 0 Å². The van der Waals surface area contributed by atoms with Gasteiger partial charge in [0.25, 0.3) is 0 Å². The largest absolute Gasteiger partial charge is 0 e. The fourth-order valence-corrected chi connectivity index (χ4v) is 0. The molecule has 0 unspecified atom stereocenters. The van der Waals surface area contributed by atoms with Crippen LogP contribution in [0.5, 0.6) is 0 Å². The molecule has 0 saturated carbocycles. The Morgan fingerprint density at radius 1 is 0.0196 bits per heavy atom. The summed E-state index contributed by atoms with van der Waals surface area (Å²) >= 11 is 0. The van der Waals surface area contributed by atoms with Crippen molar-refractivity contribution in [3.8, 4) is 0 Å². The normalized spacial score (nSPS) is 0. The summed E-state index contributed by atoms with van der Waals surface area (Å²) in [5, 5.41) is 0. The van der Waals surface area contributed by atoms with Gasteiger partial charge in [0.15, 0.2) is 0 Å². The molecule has 0 saturated heterocycles. The van der Waals surface area contributed by atoms with Crippen molar-refractivity contribution in [3.63, 3.8) is 0 Å². The molecular weight excluding hydrogens is 4530 g/mol. The molecule has 0 spiro atoms. The van der Waals surface area contributed by atoms with Crippen molar-refractivity contribution in [3.05, 3.63) is 0 Å². The molecule has 0 fully saturated rings. The molecule has 0 amide bonds. The van der Waals surface area contributed by atoms with Crippen LogP contribution < -0.4 is 0 Å². The average molecular weight is 4530 g/mol. The monoisotopic (exact) mass is 4530 g/mol. The Labute approximate surface area is 1600 Å². The predicted molar refractivity (Wildman–Crippen MR) is 0 cm³/mol. The first kappa shape index (κ1) is 383. The van der Waals surface area contributed by atoms with E-state index in [1.807, 2.05) is 0 Å². The molecule has 0 rings (SSSR count). The Hall–Kier alpha value is 56.3. The Morgan fingerprint density at radius 2 is 0.0196 bits per heavy atom. The smallest absolute Gasteiger partial charge is 0 e. The van der Waals surface area contributed by atoms with Gasteiger partial charge in [-0.1, -0.05) is 0 Å². The van der Waals surface area contributed by atoms with Crippen LogP contribution in [-0.2, 0) is 1670 Å². The SMILES string of the molecule is [Y].[Y].[Y].[Y].[Y].[Y].[Y].[Y].[Y].[Y].[Y].[Y].[Y].[Y].[Y].[Y].[Y].[Y].[Y].[Y].[Y].[Y].[Y].[Y].[Y].[Y].[Y].[Y].[Y].[Y].[Y].[Y].[Y].[Y].[Y].[Y].[Y].[Y].[Y].[Y].[Y].[Y].[Y].[Y].[Y].[Y].[Y].[Y].[Y].[Y].[Y]. The van der Waals surface area contributed by atoms with E-state index < -0.39 is 0 Å². The first-order valence-electron chi connectivity index (χ1n) is 0. The molecule has 0 aromatic heterocycles. The van der Waals surface area contributed by atoms with Crippen molar-refractivity contribution in [2.24, 2.45) is 0 Å². The minimum Gasteiger partial charge on any atom is 0 e. The molecule has 51 heavy (non-hydrogen) atoms. The molecule has 0 nitrogen and oxygen atoms in total. The van der Waals surface area contributed by atoms with Gasteiger partial charge < -0.3 is 0 Å². The minimum atomic E-state index is 0. The standard InChI is InChI=1S/51Y. The summed E-state index contributed by atoms with van der Waals surface area (Å²) in [6.07, 6.45) is 0. The molecule has 0 atom stereocenters. The van der Waals surface area contributed by atoms with Crippen LogP contribution in [0, 0.1) is 0 Å². The molecule has 0 aliphatic rings. The molecule has 51 radical (unpaired) electrons. The molecule has 0 aliphatic carbocycles. The summed E-state index contributed by atoms with van der Waals surface area (Å²) in [6.45, 7) is 0. The van der Waals surface area contributed by atoms with Crippen LogP contribution in [0.15, 0.2) is 0 Å². The van der Waals surface area contributed by atoms with E-state index in [0.717, 1.165) is 0 Å². The van der Waals surface area contributed by atoms with E-state index in [0.29, 0.717) is 0 Å². The second-order valence-corrected chi connectivity index (χ2v) is 0. The molecule has 0 N–H and O–H groups in total. The van der Waals surface area contributed by atoms with Crippen LogP contribution in [0.1, 0.15) is 0 Å². The van der Waals surface area contributed by atoms with Crippen molar-refractivity contribution >= 4 is 0 Å². The zero-order chi connectivity index (χ0) is 0. The Morgan fingerprint density at radius 3 is 0.0196 bits per heavy atom. The maximum Gasteiger partial charge on any atom is 0 e. The predicted octanol–water partition coefficient (Wildman–Crippen LogP) is -0.128. The molecule has 0 heterocycles. The molecular formula is Y51. The molecule has 153 valence electrons. The van der Waals surface area contributed by atoms with E-state index in [1.165, 1.54) is 0 Å². The van der Waals surface area contributed by atoms with Crippen LogP contribution in [0.2, 0.25) is 0 Å². The molecule has 51 heteroatoms. The summed E-state index contributed by atoms with van der Waals surface area (Å²) in [5.41, 5.74) is 0. The zero-order valence-electron chi connectivity index (χ0n) is 29.4. The first-order valence-corrected chi connectivity index (χ1v) is 0. The third-order valence-corrected chi connectivity index (χ3v) is 0. The van der Waals surface area contributed by atoms with Gasteiger partial charge in [0.05, 0.1) is 0 Å². The first-order chi connectivity index (χ1) is 0. The van der Waals surface area contributed by atoms with Crippen molar-refractivity contribution < 1.29 is 1670 Å².